The molecule has 0 saturated heterocycles. The van der Waals surface area contributed by atoms with E-state index in [2.05, 4.69) is 15.3 Å². The zero-order valence-electron chi connectivity index (χ0n) is 14.7. The van der Waals surface area contributed by atoms with Crippen LogP contribution < -0.4 is 11.1 Å². The highest BCUT2D eigenvalue weighted by Crippen LogP contribution is 2.28. The summed E-state index contributed by atoms with van der Waals surface area (Å²) in [5.74, 6) is 0.614. The van der Waals surface area contributed by atoms with Crippen LogP contribution in [0, 0.1) is 0 Å². The number of fused-ring (bicyclic) bond motifs is 1. The summed E-state index contributed by atoms with van der Waals surface area (Å²) in [5, 5.41) is 3.90. The molecule has 6 nitrogen and oxygen atoms in total. The summed E-state index contributed by atoms with van der Waals surface area (Å²) >= 11 is 0. The molecule has 27 heavy (non-hydrogen) atoms. The van der Waals surface area contributed by atoms with E-state index in [-0.39, 0.29) is 17.7 Å². The van der Waals surface area contributed by atoms with Gasteiger partial charge in [-0.3, -0.25) is 4.79 Å². The molecule has 4 N–H and O–H groups in total. The molecule has 1 aromatic carbocycles. The van der Waals surface area contributed by atoms with Crippen molar-refractivity contribution in [1.29, 1.82) is 0 Å². The quantitative estimate of drug-likeness (QED) is 0.492. The number of hydrogen-bond acceptors (Lipinski definition) is 4. The maximum atomic E-state index is 12.6. The molecule has 4 rings (SSSR count). The molecule has 0 fully saturated rings. The Morgan fingerprint density at radius 3 is 2.81 bits per heavy atom. The third-order valence-corrected chi connectivity index (χ3v) is 4.50. The van der Waals surface area contributed by atoms with Gasteiger partial charge in [0.05, 0.1) is 0 Å². The normalized spacial score (nSPS) is 12.2. The molecule has 1 atom stereocenters. The lowest BCUT2D eigenvalue weighted by molar-refractivity contribution is 0.0911. The highest BCUT2D eigenvalue weighted by atomic mass is 16.3. The average molecular weight is 360 g/mol. The number of amides is 1. The molecule has 0 aliphatic carbocycles. The summed E-state index contributed by atoms with van der Waals surface area (Å²) in [6.07, 6.45) is 4.21. The maximum absolute atomic E-state index is 12.6. The Morgan fingerprint density at radius 2 is 2.00 bits per heavy atom. The molecule has 0 radical (unpaired) electrons. The number of nitrogens with one attached hydrogen (secondary N) is 2. The number of aromatic amines is 1. The summed E-state index contributed by atoms with van der Waals surface area (Å²) in [7, 11) is 0. The number of carbonyl (C=O) groups is 1. The smallest absolute Gasteiger partial charge is 0.287 e. The highest BCUT2D eigenvalue weighted by molar-refractivity contribution is 5.94. The SMILES string of the molecule is NC[C@@H](Cc1ccccc1)NC(=O)c1ccc(-c2ccnc3[nH]ccc23)o1. The van der Waals surface area contributed by atoms with Gasteiger partial charge in [0, 0.05) is 35.9 Å². The van der Waals surface area contributed by atoms with Gasteiger partial charge in [0.1, 0.15) is 11.4 Å². The molecule has 3 heterocycles. The van der Waals surface area contributed by atoms with Crippen molar-refractivity contribution in [2.45, 2.75) is 12.5 Å². The summed E-state index contributed by atoms with van der Waals surface area (Å²) in [6, 6.07) is 17.1. The number of aromatic nitrogens is 2. The fraction of sp³-hybridized carbons (Fsp3) is 0.143. The van der Waals surface area contributed by atoms with E-state index in [4.69, 9.17) is 10.2 Å². The minimum atomic E-state index is -0.271. The van der Waals surface area contributed by atoms with Crippen LogP contribution in [-0.2, 0) is 6.42 Å². The number of furan rings is 1. The number of carbonyl (C=O) groups excluding carboxylic acids is 1. The predicted octanol–water partition coefficient (Wildman–Crippen LogP) is 3.12. The molecule has 4 aromatic rings. The molecule has 0 aliphatic heterocycles. The van der Waals surface area contributed by atoms with Crippen molar-refractivity contribution in [1.82, 2.24) is 15.3 Å². The molecule has 0 spiro atoms. The molecule has 0 bridgehead atoms. The zero-order chi connectivity index (χ0) is 18.6. The van der Waals surface area contributed by atoms with E-state index >= 15 is 0 Å². The number of hydrogen-bond donors (Lipinski definition) is 3. The van der Waals surface area contributed by atoms with Crippen LogP contribution in [0.25, 0.3) is 22.4 Å². The lowest BCUT2D eigenvalue weighted by Gasteiger charge is -2.16. The Balaban J connectivity index is 1.51. The second-order valence-corrected chi connectivity index (χ2v) is 6.36. The Labute approximate surface area is 156 Å². The van der Waals surface area contributed by atoms with Gasteiger partial charge in [-0.25, -0.2) is 4.98 Å². The van der Waals surface area contributed by atoms with Crippen LogP contribution in [0.4, 0.5) is 0 Å². The van der Waals surface area contributed by atoms with Gasteiger partial charge in [-0.15, -0.1) is 0 Å². The van der Waals surface area contributed by atoms with E-state index in [1.54, 1.807) is 18.3 Å². The molecular weight excluding hydrogens is 340 g/mol. The van der Waals surface area contributed by atoms with Gasteiger partial charge in [0.15, 0.2) is 5.76 Å². The average Bonchev–Trinajstić information content (AvgIpc) is 3.37. The van der Waals surface area contributed by atoms with Gasteiger partial charge in [-0.2, -0.15) is 0 Å². The molecule has 6 heteroatoms. The third kappa shape index (κ3) is 3.61. The van der Waals surface area contributed by atoms with Crippen molar-refractivity contribution in [3.8, 4) is 11.3 Å². The topological polar surface area (TPSA) is 96.9 Å². The number of benzene rings is 1. The van der Waals surface area contributed by atoms with Crippen molar-refractivity contribution < 1.29 is 9.21 Å². The Bertz CT molecular complexity index is 1050. The second-order valence-electron chi connectivity index (χ2n) is 6.36. The van der Waals surface area contributed by atoms with E-state index in [0.29, 0.717) is 18.7 Å². The first-order valence-corrected chi connectivity index (χ1v) is 8.82. The highest BCUT2D eigenvalue weighted by Gasteiger charge is 2.17. The summed E-state index contributed by atoms with van der Waals surface area (Å²) in [6.45, 7) is 0.350. The predicted molar refractivity (Wildman–Crippen MR) is 104 cm³/mol. The number of pyridine rings is 1. The minimum Gasteiger partial charge on any atom is -0.451 e. The molecule has 1 amide bonds. The monoisotopic (exact) mass is 360 g/mol. The second kappa shape index (κ2) is 7.47. The van der Waals surface area contributed by atoms with Gasteiger partial charge in [0.25, 0.3) is 5.91 Å². The van der Waals surface area contributed by atoms with Crippen LogP contribution in [0.2, 0.25) is 0 Å². The maximum Gasteiger partial charge on any atom is 0.287 e. The van der Waals surface area contributed by atoms with Crippen LogP contribution in [-0.4, -0.2) is 28.5 Å². The van der Waals surface area contributed by atoms with Gasteiger partial charge < -0.3 is 20.5 Å². The van der Waals surface area contributed by atoms with Crippen LogP contribution in [0.5, 0.6) is 0 Å². The van der Waals surface area contributed by atoms with E-state index in [9.17, 15) is 4.79 Å². The molecule has 136 valence electrons. The van der Waals surface area contributed by atoms with E-state index in [1.165, 1.54) is 0 Å². The van der Waals surface area contributed by atoms with Crippen LogP contribution >= 0.6 is 0 Å². The molecule has 0 saturated carbocycles. The number of nitrogens with two attached hydrogens (primary N) is 1. The van der Waals surface area contributed by atoms with Gasteiger partial charge >= 0.3 is 0 Å². The minimum absolute atomic E-state index is 0.161. The Kier molecular flexibility index (Phi) is 4.72. The zero-order valence-corrected chi connectivity index (χ0v) is 14.7. The fourth-order valence-corrected chi connectivity index (χ4v) is 3.13. The standard InChI is InChI=1S/C21H20N4O2/c22-13-15(12-14-4-2-1-3-5-14)25-21(26)19-7-6-18(27-19)16-8-10-23-20-17(16)9-11-24-20/h1-11,15H,12-13,22H2,(H,23,24)(H,25,26)/t15-/m1/s1. The third-order valence-electron chi connectivity index (χ3n) is 4.50. The summed E-state index contributed by atoms with van der Waals surface area (Å²) < 4.78 is 5.81. The van der Waals surface area contributed by atoms with E-state index in [1.807, 2.05) is 48.7 Å². The van der Waals surface area contributed by atoms with Crippen molar-refractivity contribution in [3.63, 3.8) is 0 Å². The number of rotatable bonds is 6. The largest absolute Gasteiger partial charge is 0.451 e. The number of H-pyrrole nitrogens is 1. The van der Waals surface area contributed by atoms with Crippen molar-refractivity contribution >= 4 is 16.9 Å². The molecule has 0 aliphatic rings. The first kappa shape index (κ1) is 17.1. The van der Waals surface area contributed by atoms with Crippen molar-refractivity contribution in [3.05, 3.63) is 78.3 Å². The molecule has 0 unspecified atom stereocenters. The van der Waals surface area contributed by atoms with Gasteiger partial charge in [-0.05, 0) is 36.2 Å². The molecule has 3 aromatic heterocycles. The van der Waals surface area contributed by atoms with Gasteiger partial charge in [-0.1, -0.05) is 30.3 Å². The van der Waals surface area contributed by atoms with Crippen LogP contribution in [0.3, 0.4) is 0 Å². The number of nitrogens with zero attached hydrogens (tertiary/aromatic N) is 1. The summed E-state index contributed by atoms with van der Waals surface area (Å²) in [5.41, 5.74) is 8.63. The van der Waals surface area contributed by atoms with E-state index < -0.39 is 0 Å². The van der Waals surface area contributed by atoms with Crippen molar-refractivity contribution in [2.75, 3.05) is 6.54 Å². The van der Waals surface area contributed by atoms with E-state index in [0.717, 1.165) is 22.2 Å². The lowest BCUT2D eigenvalue weighted by Crippen LogP contribution is -2.41. The Hall–Kier alpha value is -3.38. The summed E-state index contributed by atoms with van der Waals surface area (Å²) in [4.78, 5) is 19.9. The van der Waals surface area contributed by atoms with Gasteiger partial charge in [0.2, 0.25) is 0 Å². The fourth-order valence-electron chi connectivity index (χ4n) is 3.13. The first-order valence-electron chi connectivity index (χ1n) is 8.82. The van der Waals surface area contributed by atoms with Crippen LogP contribution in [0.1, 0.15) is 16.1 Å². The lowest BCUT2D eigenvalue weighted by atomic mass is 10.1. The molecular formula is C21H20N4O2. The Morgan fingerprint density at radius 1 is 1.15 bits per heavy atom. The van der Waals surface area contributed by atoms with Crippen LogP contribution in [0.15, 0.2) is 71.4 Å². The van der Waals surface area contributed by atoms with Crippen molar-refractivity contribution in [2.24, 2.45) is 5.73 Å². The first-order chi connectivity index (χ1) is 13.2.